The molecule has 0 aliphatic rings. The highest BCUT2D eigenvalue weighted by Crippen LogP contribution is 2.29. The predicted molar refractivity (Wildman–Crippen MR) is 54.2 cm³/mol. The van der Waals surface area contributed by atoms with Gasteiger partial charge < -0.3 is 4.98 Å². The lowest BCUT2D eigenvalue weighted by Crippen LogP contribution is -1.97. The molecular weight excluding hydrogens is 256 g/mol. The number of aromatic nitrogens is 1. The minimum absolute atomic E-state index is 0.156. The largest absolute Gasteiger partial charge is 0.358 e. The van der Waals surface area contributed by atoms with Crippen LogP contribution >= 0.6 is 0 Å². The summed E-state index contributed by atoms with van der Waals surface area (Å²) in [6.45, 7) is 0. The van der Waals surface area contributed by atoms with Gasteiger partial charge in [-0.05, 0) is 0 Å². The second-order valence-corrected chi connectivity index (χ2v) is 3.35. The van der Waals surface area contributed by atoms with Gasteiger partial charge >= 0.3 is 0 Å². The van der Waals surface area contributed by atoms with E-state index in [-0.39, 0.29) is 5.56 Å². The van der Waals surface area contributed by atoms with Crippen molar-refractivity contribution in [3.63, 3.8) is 0 Å². The topological polar surface area (TPSA) is 58.9 Å². The molecule has 4 nitrogen and oxygen atoms in total. The fourth-order valence-corrected chi connectivity index (χ4v) is 1.53. The van der Waals surface area contributed by atoms with Gasteiger partial charge in [-0.15, -0.1) is 0 Å². The quantitative estimate of drug-likeness (QED) is 0.296. The second kappa shape index (κ2) is 4.13. The third-order valence-electron chi connectivity index (χ3n) is 2.30. The van der Waals surface area contributed by atoms with Crippen LogP contribution in [0, 0.1) is 33.4 Å². The van der Waals surface area contributed by atoms with Crippen LogP contribution in [0.15, 0.2) is 12.4 Å². The van der Waals surface area contributed by atoms with Crippen molar-refractivity contribution in [2.24, 2.45) is 0 Å². The normalized spacial score (nSPS) is 11.6. The third kappa shape index (κ3) is 1.71. The molecule has 18 heavy (non-hydrogen) atoms. The Morgan fingerprint density at radius 3 is 2.33 bits per heavy atom. The predicted octanol–water partition coefficient (Wildman–Crippen LogP) is 2.97. The van der Waals surface area contributed by atoms with Gasteiger partial charge in [-0.1, -0.05) is 0 Å². The van der Waals surface area contributed by atoms with E-state index < -0.39 is 39.1 Å². The van der Waals surface area contributed by atoms with E-state index >= 15 is 0 Å². The highest BCUT2D eigenvalue weighted by atomic mass is 19.2. The number of hydrogen-bond acceptors (Lipinski definition) is 2. The molecule has 0 atom stereocenters. The molecule has 0 bridgehead atoms. The van der Waals surface area contributed by atoms with Gasteiger partial charge in [0, 0.05) is 23.2 Å². The summed E-state index contributed by atoms with van der Waals surface area (Å²) >= 11 is 0. The van der Waals surface area contributed by atoms with Crippen molar-refractivity contribution in [1.29, 1.82) is 0 Å². The molecule has 2 aromatic rings. The minimum atomic E-state index is -1.96. The zero-order valence-corrected chi connectivity index (χ0v) is 8.51. The highest BCUT2D eigenvalue weighted by Gasteiger charge is 2.23. The molecule has 1 aromatic heterocycles. The summed E-state index contributed by atoms with van der Waals surface area (Å²) in [5, 5.41) is 9.53. The second-order valence-electron chi connectivity index (χ2n) is 3.35. The highest BCUT2D eigenvalue weighted by molar-refractivity contribution is 5.89. The van der Waals surface area contributed by atoms with Gasteiger partial charge in [-0.3, -0.25) is 10.1 Å². The SMILES string of the molecule is O=[N+]([O-])/C=C/c1c[nH]c2c(F)c(F)c(F)c(F)c12. The van der Waals surface area contributed by atoms with Crippen molar-refractivity contribution < 1.29 is 22.5 Å². The Hall–Kier alpha value is -2.38. The molecule has 1 N–H and O–H groups in total. The fraction of sp³-hybridized carbons (Fsp3) is 0. The molecule has 0 saturated heterocycles. The molecule has 8 heteroatoms. The van der Waals surface area contributed by atoms with Gasteiger partial charge in [0.2, 0.25) is 6.20 Å². The van der Waals surface area contributed by atoms with Crippen molar-refractivity contribution >= 4 is 17.0 Å². The van der Waals surface area contributed by atoms with Crippen LogP contribution in [0.3, 0.4) is 0 Å². The van der Waals surface area contributed by atoms with Crippen molar-refractivity contribution in [1.82, 2.24) is 4.98 Å². The number of hydrogen-bond donors (Lipinski definition) is 1. The molecular formula is C10H4F4N2O2. The smallest absolute Gasteiger partial charge is 0.235 e. The van der Waals surface area contributed by atoms with Gasteiger partial charge in [0.15, 0.2) is 23.3 Å². The van der Waals surface area contributed by atoms with Crippen molar-refractivity contribution in [3.8, 4) is 0 Å². The number of benzene rings is 1. The Bertz CT molecular complexity index is 678. The molecule has 0 fully saturated rings. The fourth-order valence-electron chi connectivity index (χ4n) is 1.53. The molecule has 0 saturated carbocycles. The van der Waals surface area contributed by atoms with Crippen LogP contribution in [0.2, 0.25) is 0 Å². The van der Waals surface area contributed by atoms with Crippen LogP contribution < -0.4 is 0 Å². The number of nitrogens with one attached hydrogen (secondary N) is 1. The summed E-state index contributed by atoms with van der Waals surface area (Å²) in [7, 11) is 0. The van der Waals surface area contributed by atoms with Crippen LogP contribution in [-0.2, 0) is 0 Å². The van der Waals surface area contributed by atoms with Gasteiger partial charge in [-0.25, -0.2) is 17.6 Å². The first-order valence-corrected chi connectivity index (χ1v) is 4.58. The Labute approximate surface area is 96.7 Å². The van der Waals surface area contributed by atoms with E-state index in [1.165, 1.54) is 0 Å². The molecule has 0 spiro atoms. The van der Waals surface area contributed by atoms with Crippen LogP contribution in [0.25, 0.3) is 17.0 Å². The number of fused-ring (bicyclic) bond motifs is 1. The van der Waals surface area contributed by atoms with Crippen molar-refractivity contribution in [2.75, 3.05) is 0 Å². The standard InChI is InChI=1S/C10H4F4N2O2/c11-6-5-4(1-2-16(17)18)3-15-10(5)9(14)8(13)7(6)12/h1-3,15H/b2-1+. The maximum Gasteiger partial charge on any atom is 0.235 e. The Balaban J connectivity index is 2.77. The number of H-pyrrole nitrogens is 1. The molecule has 2 rings (SSSR count). The lowest BCUT2D eigenvalue weighted by Gasteiger charge is -2.00. The number of aromatic amines is 1. The number of nitro groups is 1. The first-order valence-electron chi connectivity index (χ1n) is 4.58. The average molecular weight is 260 g/mol. The van der Waals surface area contributed by atoms with Gasteiger partial charge in [-0.2, -0.15) is 0 Å². The monoisotopic (exact) mass is 260 g/mol. The Morgan fingerprint density at radius 2 is 1.72 bits per heavy atom. The third-order valence-corrected chi connectivity index (χ3v) is 2.30. The number of rotatable bonds is 2. The summed E-state index contributed by atoms with van der Waals surface area (Å²) in [4.78, 5) is 11.5. The Kier molecular flexibility index (Phi) is 2.77. The van der Waals surface area contributed by atoms with Gasteiger partial charge in [0.25, 0.3) is 0 Å². The number of nitrogens with zero attached hydrogens (tertiary/aromatic N) is 1. The first kappa shape index (κ1) is 12.1. The average Bonchev–Trinajstić information content (AvgIpc) is 2.75. The maximum absolute atomic E-state index is 13.5. The molecule has 0 unspecified atom stereocenters. The molecule has 0 radical (unpaired) electrons. The lowest BCUT2D eigenvalue weighted by molar-refractivity contribution is -0.400. The van der Waals surface area contributed by atoms with E-state index in [2.05, 4.69) is 4.98 Å². The zero-order valence-electron chi connectivity index (χ0n) is 8.51. The summed E-state index contributed by atoms with van der Waals surface area (Å²) in [5.41, 5.74) is -0.744. The zero-order chi connectivity index (χ0) is 13.4. The van der Waals surface area contributed by atoms with Crippen molar-refractivity contribution in [3.05, 3.63) is 51.3 Å². The summed E-state index contributed by atoms with van der Waals surface area (Å²) in [6, 6.07) is 0. The molecule has 0 aliphatic carbocycles. The Morgan fingerprint density at radius 1 is 1.11 bits per heavy atom. The molecule has 94 valence electrons. The van der Waals surface area contributed by atoms with Crippen LogP contribution in [0.5, 0.6) is 0 Å². The van der Waals surface area contributed by atoms with E-state index in [0.717, 1.165) is 12.3 Å². The summed E-state index contributed by atoms with van der Waals surface area (Å²) in [6.07, 6.45) is 2.33. The molecule has 0 amide bonds. The molecule has 0 aliphatic heterocycles. The lowest BCUT2D eigenvalue weighted by atomic mass is 10.1. The van der Waals surface area contributed by atoms with Crippen molar-refractivity contribution in [2.45, 2.75) is 0 Å². The van der Waals surface area contributed by atoms with E-state index in [9.17, 15) is 27.7 Å². The summed E-state index contributed by atoms with van der Waals surface area (Å²) < 4.78 is 52.7. The maximum atomic E-state index is 13.5. The first-order chi connectivity index (χ1) is 8.43. The minimum Gasteiger partial charge on any atom is -0.358 e. The van der Waals surface area contributed by atoms with E-state index in [1.54, 1.807) is 0 Å². The van der Waals surface area contributed by atoms with Gasteiger partial charge in [0.05, 0.1) is 10.4 Å². The number of halogens is 4. The van der Waals surface area contributed by atoms with E-state index in [0.29, 0.717) is 6.20 Å². The summed E-state index contributed by atoms with van der Waals surface area (Å²) in [5.74, 6) is -7.08. The van der Waals surface area contributed by atoms with Crippen LogP contribution in [-0.4, -0.2) is 9.91 Å². The van der Waals surface area contributed by atoms with Crippen LogP contribution in [0.4, 0.5) is 17.6 Å². The van der Waals surface area contributed by atoms with Gasteiger partial charge in [0.1, 0.15) is 0 Å². The molecule has 1 aromatic carbocycles. The molecule has 1 heterocycles. The van der Waals surface area contributed by atoms with E-state index in [1.807, 2.05) is 0 Å². The van der Waals surface area contributed by atoms with E-state index in [4.69, 9.17) is 0 Å². The van der Waals surface area contributed by atoms with Crippen LogP contribution in [0.1, 0.15) is 5.56 Å².